The minimum Gasteiger partial charge on any atom is -0.399 e. The Morgan fingerprint density at radius 2 is 2.00 bits per heavy atom. The summed E-state index contributed by atoms with van der Waals surface area (Å²) in [7, 11) is 0. The number of nitrogens with zero attached hydrogens (tertiary/aromatic N) is 2. The number of aromatic nitrogens is 1. The van der Waals surface area contributed by atoms with Crippen molar-refractivity contribution in [2.24, 2.45) is 5.73 Å². The van der Waals surface area contributed by atoms with E-state index in [0.29, 0.717) is 6.54 Å². The van der Waals surface area contributed by atoms with Gasteiger partial charge in [-0.05, 0) is 36.2 Å². The number of anilines is 2. The fourth-order valence-electron chi connectivity index (χ4n) is 2.19. The maximum atomic E-state index is 11.3. The molecular formula is C16H20N4O. The Morgan fingerprint density at radius 1 is 1.24 bits per heavy atom. The van der Waals surface area contributed by atoms with Gasteiger partial charge < -0.3 is 16.4 Å². The van der Waals surface area contributed by atoms with E-state index in [-0.39, 0.29) is 5.69 Å². The molecule has 0 fully saturated rings. The minimum atomic E-state index is -0.516. The number of benzene rings is 1. The monoisotopic (exact) mass is 284 g/mol. The minimum absolute atomic E-state index is 0.279. The first-order chi connectivity index (χ1) is 10.1. The highest BCUT2D eigenvalue weighted by Gasteiger charge is 2.10. The molecule has 0 aliphatic carbocycles. The third-order valence-corrected chi connectivity index (χ3v) is 3.13. The van der Waals surface area contributed by atoms with Gasteiger partial charge >= 0.3 is 0 Å². The molecule has 1 heterocycles. The van der Waals surface area contributed by atoms with E-state index >= 15 is 0 Å². The second-order valence-corrected chi connectivity index (χ2v) is 4.91. The van der Waals surface area contributed by atoms with Crippen LogP contribution in [0.25, 0.3) is 0 Å². The molecule has 0 spiro atoms. The van der Waals surface area contributed by atoms with Crippen LogP contribution in [0.3, 0.4) is 0 Å². The first-order valence-electron chi connectivity index (χ1n) is 6.96. The van der Waals surface area contributed by atoms with Crippen LogP contribution in [0.1, 0.15) is 29.4 Å². The Bertz CT molecular complexity index is 627. The van der Waals surface area contributed by atoms with Crippen LogP contribution in [0.5, 0.6) is 0 Å². The molecule has 0 aliphatic rings. The molecule has 110 valence electrons. The van der Waals surface area contributed by atoms with Crippen molar-refractivity contribution in [3.63, 3.8) is 0 Å². The number of hydrogen-bond acceptors (Lipinski definition) is 4. The first kappa shape index (κ1) is 14.8. The van der Waals surface area contributed by atoms with Crippen molar-refractivity contribution >= 4 is 17.4 Å². The molecule has 4 N–H and O–H groups in total. The van der Waals surface area contributed by atoms with E-state index in [9.17, 15) is 4.79 Å². The smallest absolute Gasteiger partial charge is 0.267 e. The Labute approximate surface area is 124 Å². The number of nitrogens with two attached hydrogens (primary N) is 2. The number of rotatable bonds is 6. The molecule has 0 radical (unpaired) electrons. The lowest BCUT2D eigenvalue weighted by Crippen LogP contribution is -2.25. The van der Waals surface area contributed by atoms with Gasteiger partial charge in [0, 0.05) is 18.8 Å². The fourth-order valence-corrected chi connectivity index (χ4v) is 2.19. The molecule has 2 aromatic rings. The van der Waals surface area contributed by atoms with Gasteiger partial charge in [-0.1, -0.05) is 25.1 Å². The van der Waals surface area contributed by atoms with E-state index in [1.165, 1.54) is 0 Å². The van der Waals surface area contributed by atoms with Crippen LogP contribution in [-0.2, 0) is 6.54 Å². The summed E-state index contributed by atoms with van der Waals surface area (Å²) in [4.78, 5) is 17.7. The van der Waals surface area contributed by atoms with Crippen molar-refractivity contribution in [1.29, 1.82) is 0 Å². The molecule has 0 saturated heterocycles. The predicted molar refractivity (Wildman–Crippen MR) is 85.0 cm³/mol. The first-order valence-corrected chi connectivity index (χ1v) is 6.96. The Morgan fingerprint density at radius 3 is 2.67 bits per heavy atom. The Balaban J connectivity index is 2.26. The highest BCUT2D eigenvalue weighted by molar-refractivity contribution is 5.91. The molecule has 0 unspecified atom stereocenters. The third-order valence-electron chi connectivity index (χ3n) is 3.13. The molecule has 2 rings (SSSR count). The van der Waals surface area contributed by atoms with Crippen molar-refractivity contribution in [1.82, 2.24) is 4.98 Å². The second kappa shape index (κ2) is 6.74. The SMILES string of the molecule is CCCN(Cc1cccc(N)c1)c1cccc(C(N)=O)n1. The molecule has 1 aromatic heterocycles. The molecule has 1 amide bonds. The molecular weight excluding hydrogens is 264 g/mol. The number of amides is 1. The van der Waals surface area contributed by atoms with E-state index in [1.807, 2.05) is 30.3 Å². The third kappa shape index (κ3) is 3.95. The summed E-state index contributed by atoms with van der Waals surface area (Å²) >= 11 is 0. The quantitative estimate of drug-likeness (QED) is 0.796. The van der Waals surface area contributed by atoms with Crippen LogP contribution in [0, 0.1) is 0 Å². The molecule has 21 heavy (non-hydrogen) atoms. The number of carbonyl (C=O) groups is 1. The topological polar surface area (TPSA) is 85.2 Å². The van der Waals surface area contributed by atoms with E-state index < -0.39 is 5.91 Å². The summed E-state index contributed by atoms with van der Waals surface area (Å²) in [6.07, 6.45) is 0.977. The van der Waals surface area contributed by atoms with Crippen molar-refractivity contribution in [2.75, 3.05) is 17.2 Å². The highest BCUT2D eigenvalue weighted by Crippen LogP contribution is 2.17. The number of hydrogen-bond donors (Lipinski definition) is 2. The predicted octanol–water partition coefficient (Wildman–Crippen LogP) is 2.18. The molecule has 0 saturated carbocycles. The highest BCUT2D eigenvalue weighted by atomic mass is 16.1. The zero-order valence-electron chi connectivity index (χ0n) is 12.1. The summed E-state index contributed by atoms with van der Waals surface area (Å²) < 4.78 is 0. The van der Waals surface area contributed by atoms with Gasteiger partial charge in [-0.3, -0.25) is 4.79 Å². The molecule has 0 bridgehead atoms. The van der Waals surface area contributed by atoms with Crippen molar-refractivity contribution < 1.29 is 4.79 Å². The van der Waals surface area contributed by atoms with Crippen molar-refractivity contribution in [2.45, 2.75) is 19.9 Å². The lowest BCUT2D eigenvalue weighted by molar-refractivity contribution is 0.0995. The summed E-state index contributed by atoms with van der Waals surface area (Å²) in [5, 5.41) is 0. The molecule has 5 nitrogen and oxygen atoms in total. The molecule has 0 atom stereocenters. The maximum Gasteiger partial charge on any atom is 0.267 e. The number of carbonyl (C=O) groups excluding carboxylic acids is 1. The standard InChI is InChI=1S/C16H20N4O/c1-2-9-20(11-12-5-3-6-13(17)10-12)15-8-4-7-14(19-15)16(18)21/h3-8,10H,2,9,11,17H2,1H3,(H2,18,21). The van der Waals surface area contributed by atoms with E-state index in [0.717, 1.165) is 30.0 Å². The zero-order chi connectivity index (χ0) is 15.2. The average Bonchev–Trinajstić information content (AvgIpc) is 2.47. The van der Waals surface area contributed by atoms with Gasteiger partial charge in [-0.15, -0.1) is 0 Å². The van der Waals surface area contributed by atoms with Crippen LogP contribution in [0.2, 0.25) is 0 Å². The fraction of sp³-hybridized carbons (Fsp3) is 0.250. The maximum absolute atomic E-state index is 11.3. The van der Waals surface area contributed by atoms with Crippen molar-refractivity contribution in [3.8, 4) is 0 Å². The summed E-state index contributed by atoms with van der Waals surface area (Å²) in [6.45, 7) is 3.63. The summed E-state index contributed by atoms with van der Waals surface area (Å²) in [5.41, 5.74) is 13.2. The van der Waals surface area contributed by atoms with E-state index in [4.69, 9.17) is 11.5 Å². The summed E-state index contributed by atoms with van der Waals surface area (Å²) in [6, 6.07) is 13.1. The van der Waals surface area contributed by atoms with Gasteiger partial charge in [-0.2, -0.15) is 0 Å². The summed E-state index contributed by atoms with van der Waals surface area (Å²) in [5.74, 6) is 0.229. The van der Waals surface area contributed by atoms with Crippen LogP contribution >= 0.6 is 0 Å². The molecule has 0 aliphatic heterocycles. The van der Waals surface area contributed by atoms with Gasteiger partial charge in [0.2, 0.25) is 0 Å². The van der Waals surface area contributed by atoms with Crippen LogP contribution in [-0.4, -0.2) is 17.4 Å². The lowest BCUT2D eigenvalue weighted by atomic mass is 10.2. The normalized spacial score (nSPS) is 10.3. The zero-order valence-corrected chi connectivity index (χ0v) is 12.1. The molecule has 1 aromatic carbocycles. The van der Waals surface area contributed by atoms with E-state index in [2.05, 4.69) is 16.8 Å². The van der Waals surface area contributed by atoms with Gasteiger partial charge in [0.15, 0.2) is 0 Å². The Hall–Kier alpha value is -2.56. The number of primary amides is 1. The van der Waals surface area contributed by atoms with E-state index in [1.54, 1.807) is 12.1 Å². The van der Waals surface area contributed by atoms with Gasteiger partial charge in [0.25, 0.3) is 5.91 Å². The second-order valence-electron chi connectivity index (χ2n) is 4.91. The van der Waals surface area contributed by atoms with Crippen LogP contribution < -0.4 is 16.4 Å². The number of pyridine rings is 1. The number of nitrogen functional groups attached to an aromatic ring is 1. The van der Waals surface area contributed by atoms with Crippen molar-refractivity contribution in [3.05, 3.63) is 53.7 Å². The van der Waals surface area contributed by atoms with Gasteiger partial charge in [-0.25, -0.2) is 4.98 Å². The van der Waals surface area contributed by atoms with Gasteiger partial charge in [0.05, 0.1) is 0 Å². The van der Waals surface area contributed by atoms with Gasteiger partial charge in [0.1, 0.15) is 11.5 Å². The largest absolute Gasteiger partial charge is 0.399 e. The average molecular weight is 284 g/mol. The van der Waals surface area contributed by atoms with Crippen LogP contribution in [0.4, 0.5) is 11.5 Å². The lowest BCUT2D eigenvalue weighted by Gasteiger charge is -2.23. The van der Waals surface area contributed by atoms with Crippen LogP contribution in [0.15, 0.2) is 42.5 Å². The Kier molecular flexibility index (Phi) is 4.77. The molecule has 5 heteroatoms.